The van der Waals surface area contributed by atoms with Crippen LogP contribution in [0.2, 0.25) is 0 Å². The van der Waals surface area contributed by atoms with Gasteiger partial charge in [0.15, 0.2) is 0 Å². The van der Waals surface area contributed by atoms with Crippen molar-refractivity contribution in [3.8, 4) is 0 Å². The maximum absolute atomic E-state index is 10.6. The van der Waals surface area contributed by atoms with E-state index in [1.54, 1.807) is 0 Å². The Hall–Kier alpha value is -0.770. The molecule has 12 heavy (non-hydrogen) atoms. The highest BCUT2D eigenvalue weighted by Crippen LogP contribution is 2.44. The molecule has 1 spiro atoms. The lowest BCUT2D eigenvalue weighted by Crippen LogP contribution is -2.41. The molecule has 2 fully saturated rings. The highest BCUT2D eigenvalue weighted by Gasteiger charge is 2.54. The molecule has 0 aromatic carbocycles. The standard InChI is InChI=1S/C8H13NO3/c1-6-8(12-6)2-4-9(5-3-8)7(10)11/h6H,2-5H2,1H3,(H,10,11). The number of epoxide rings is 1. The van der Waals surface area contributed by atoms with E-state index in [9.17, 15) is 4.79 Å². The molecule has 1 amide bonds. The zero-order valence-electron chi connectivity index (χ0n) is 7.12. The van der Waals surface area contributed by atoms with Crippen molar-refractivity contribution >= 4 is 6.09 Å². The second-order valence-corrected chi connectivity index (χ2v) is 3.59. The highest BCUT2D eigenvalue weighted by atomic mass is 16.6. The third kappa shape index (κ3) is 1.06. The number of piperidine rings is 1. The lowest BCUT2D eigenvalue weighted by Gasteiger charge is -2.28. The van der Waals surface area contributed by atoms with Gasteiger partial charge in [0.25, 0.3) is 0 Å². The van der Waals surface area contributed by atoms with Crippen molar-refractivity contribution in [3.63, 3.8) is 0 Å². The molecule has 2 aliphatic heterocycles. The van der Waals surface area contributed by atoms with Crippen LogP contribution in [0.1, 0.15) is 19.8 Å². The van der Waals surface area contributed by atoms with Gasteiger partial charge in [-0.1, -0.05) is 0 Å². The minimum absolute atomic E-state index is 0.0476. The van der Waals surface area contributed by atoms with E-state index in [0.717, 1.165) is 12.8 Å². The van der Waals surface area contributed by atoms with Gasteiger partial charge < -0.3 is 14.7 Å². The minimum atomic E-state index is -0.807. The Morgan fingerprint density at radius 1 is 1.58 bits per heavy atom. The van der Waals surface area contributed by atoms with E-state index < -0.39 is 6.09 Å². The van der Waals surface area contributed by atoms with Crippen molar-refractivity contribution in [2.75, 3.05) is 13.1 Å². The first-order valence-corrected chi connectivity index (χ1v) is 4.30. The van der Waals surface area contributed by atoms with E-state index in [1.165, 1.54) is 4.90 Å². The minimum Gasteiger partial charge on any atom is -0.465 e. The van der Waals surface area contributed by atoms with Crippen LogP contribution in [-0.2, 0) is 4.74 Å². The number of hydrogen-bond donors (Lipinski definition) is 1. The number of hydrogen-bond acceptors (Lipinski definition) is 2. The van der Waals surface area contributed by atoms with E-state index in [0.29, 0.717) is 19.2 Å². The number of nitrogens with zero attached hydrogens (tertiary/aromatic N) is 1. The predicted molar refractivity (Wildman–Crippen MR) is 42.1 cm³/mol. The van der Waals surface area contributed by atoms with Crippen molar-refractivity contribution in [1.29, 1.82) is 0 Å². The van der Waals surface area contributed by atoms with E-state index in [2.05, 4.69) is 6.92 Å². The van der Waals surface area contributed by atoms with E-state index in [4.69, 9.17) is 9.84 Å². The molecule has 0 radical (unpaired) electrons. The fraction of sp³-hybridized carbons (Fsp3) is 0.875. The first-order chi connectivity index (χ1) is 5.64. The molecule has 2 saturated heterocycles. The Morgan fingerprint density at radius 3 is 2.42 bits per heavy atom. The van der Waals surface area contributed by atoms with E-state index in [-0.39, 0.29) is 5.60 Å². The van der Waals surface area contributed by atoms with Gasteiger partial charge in [0.1, 0.15) is 0 Å². The van der Waals surface area contributed by atoms with Crippen molar-refractivity contribution in [1.82, 2.24) is 4.90 Å². The fourth-order valence-corrected chi connectivity index (χ4v) is 1.92. The molecule has 1 atom stereocenters. The van der Waals surface area contributed by atoms with Gasteiger partial charge in [-0.25, -0.2) is 4.79 Å². The smallest absolute Gasteiger partial charge is 0.407 e. The van der Waals surface area contributed by atoms with Crippen LogP contribution in [0.4, 0.5) is 4.79 Å². The predicted octanol–water partition coefficient (Wildman–Crippen LogP) is 0.918. The van der Waals surface area contributed by atoms with E-state index >= 15 is 0 Å². The normalized spacial score (nSPS) is 32.1. The first-order valence-electron chi connectivity index (χ1n) is 4.30. The first kappa shape index (κ1) is 7.86. The summed E-state index contributed by atoms with van der Waals surface area (Å²) in [7, 11) is 0. The van der Waals surface area contributed by atoms with Crippen LogP contribution in [-0.4, -0.2) is 40.9 Å². The summed E-state index contributed by atoms with van der Waals surface area (Å²) in [5, 5.41) is 8.68. The maximum atomic E-state index is 10.6. The average Bonchev–Trinajstić information content (AvgIpc) is 2.62. The Labute approximate surface area is 71.1 Å². The molecule has 0 aromatic heterocycles. The van der Waals surface area contributed by atoms with Gasteiger partial charge in [-0.3, -0.25) is 0 Å². The molecular weight excluding hydrogens is 158 g/mol. The SMILES string of the molecule is CC1OC12CCN(C(=O)O)CC2. The molecule has 68 valence electrons. The van der Waals surface area contributed by atoms with Gasteiger partial charge in [-0.05, 0) is 19.8 Å². The molecule has 0 bridgehead atoms. The lowest BCUT2D eigenvalue weighted by atomic mass is 9.94. The van der Waals surface area contributed by atoms with Gasteiger partial charge in [-0.15, -0.1) is 0 Å². The average molecular weight is 171 g/mol. The highest BCUT2D eigenvalue weighted by molar-refractivity contribution is 5.65. The summed E-state index contributed by atoms with van der Waals surface area (Å²) in [6.45, 7) is 3.30. The zero-order valence-corrected chi connectivity index (χ0v) is 7.12. The Balaban J connectivity index is 1.90. The number of ether oxygens (including phenoxy) is 1. The Bertz CT molecular complexity index is 208. The molecule has 0 aromatic rings. The molecular formula is C8H13NO3. The van der Waals surface area contributed by atoms with Crippen molar-refractivity contribution in [2.24, 2.45) is 0 Å². The Kier molecular flexibility index (Phi) is 1.54. The third-order valence-corrected chi connectivity index (χ3v) is 2.98. The summed E-state index contributed by atoms with van der Waals surface area (Å²) >= 11 is 0. The number of amides is 1. The van der Waals surface area contributed by atoms with Crippen LogP contribution in [0, 0.1) is 0 Å². The molecule has 0 saturated carbocycles. The monoisotopic (exact) mass is 171 g/mol. The molecule has 1 N–H and O–H groups in total. The second-order valence-electron chi connectivity index (χ2n) is 3.59. The van der Waals surface area contributed by atoms with Gasteiger partial charge in [0.2, 0.25) is 0 Å². The van der Waals surface area contributed by atoms with E-state index in [1.807, 2.05) is 0 Å². The van der Waals surface area contributed by atoms with Gasteiger partial charge in [0.05, 0.1) is 11.7 Å². The molecule has 2 aliphatic rings. The summed E-state index contributed by atoms with van der Waals surface area (Å²) in [6.07, 6.45) is 1.26. The quantitative estimate of drug-likeness (QED) is 0.551. The molecule has 2 heterocycles. The number of likely N-dealkylation sites (tertiary alicyclic amines) is 1. The van der Waals surface area contributed by atoms with Crippen LogP contribution in [0.25, 0.3) is 0 Å². The van der Waals surface area contributed by atoms with Crippen LogP contribution in [0.15, 0.2) is 0 Å². The molecule has 2 rings (SSSR count). The number of rotatable bonds is 0. The van der Waals surface area contributed by atoms with Crippen molar-refractivity contribution in [2.45, 2.75) is 31.5 Å². The number of carbonyl (C=O) groups is 1. The Morgan fingerprint density at radius 2 is 2.08 bits per heavy atom. The number of carboxylic acid groups (broad SMARTS) is 1. The van der Waals surface area contributed by atoms with Crippen LogP contribution in [0.5, 0.6) is 0 Å². The van der Waals surface area contributed by atoms with Gasteiger partial charge >= 0.3 is 6.09 Å². The summed E-state index contributed by atoms with van der Waals surface area (Å²) in [5.74, 6) is 0. The fourth-order valence-electron chi connectivity index (χ4n) is 1.92. The van der Waals surface area contributed by atoms with Crippen molar-refractivity contribution in [3.05, 3.63) is 0 Å². The molecule has 4 nitrogen and oxygen atoms in total. The van der Waals surface area contributed by atoms with Crippen LogP contribution < -0.4 is 0 Å². The summed E-state index contributed by atoms with van der Waals surface area (Å²) in [6, 6.07) is 0. The zero-order chi connectivity index (χ0) is 8.77. The molecule has 4 heteroatoms. The van der Waals surface area contributed by atoms with Gasteiger partial charge in [0, 0.05) is 13.1 Å². The maximum Gasteiger partial charge on any atom is 0.407 e. The van der Waals surface area contributed by atoms with Crippen LogP contribution >= 0.6 is 0 Å². The summed E-state index contributed by atoms with van der Waals surface area (Å²) in [4.78, 5) is 12.0. The lowest BCUT2D eigenvalue weighted by molar-refractivity contribution is 0.113. The second kappa shape index (κ2) is 2.36. The third-order valence-electron chi connectivity index (χ3n) is 2.98. The molecule has 1 unspecified atom stereocenters. The topological polar surface area (TPSA) is 53.1 Å². The van der Waals surface area contributed by atoms with Crippen LogP contribution in [0.3, 0.4) is 0 Å². The van der Waals surface area contributed by atoms with Gasteiger partial charge in [-0.2, -0.15) is 0 Å². The largest absolute Gasteiger partial charge is 0.465 e. The summed E-state index contributed by atoms with van der Waals surface area (Å²) < 4.78 is 5.45. The molecule has 0 aliphatic carbocycles. The summed E-state index contributed by atoms with van der Waals surface area (Å²) in [5.41, 5.74) is 0.0476. The van der Waals surface area contributed by atoms with Crippen molar-refractivity contribution < 1.29 is 14.6 Å².